The molecule has 1 N–H and O–H groups in total. The number of ether oxygens (including phenoxy) is 1. The molecule has 0 saturated heterocycles. The van der Waals surface area contributed by atoms with E-state index < -0.39 is 6.36 Å². The summed E-state index contributed by atoms with van der Waals surface area (Å²) < 4.78 is 41.8. The average Bonchev–Trinajstić information content (AvgIpc) is 2.87. The van der Waals surface area contributed by atoms with Crippen molar-refractivity contribution in [1.29, 1.82) is 0 Å². The summed E-state index contributed by atoms with van der Waals surface area (Å²) in [5.74, 6) is -0.260. The van der Waals surface area contributed by atoms with Crippen LogP contribution in [-0.2, 0) is 6.67 Å². The van der Waals surface area contributed by atoms with E-state index in [9.17, 15) is 13.2 Å². The molecule has 0 atom stereocenters. The number of fused-ring (bicyclic) bond motifs is 1. The Morgan fingerprint density at radius 3 is 2.57 bits per heavy atom. The molecule has 0 aliphatic heterocycles. The molecule has 23 heavy (non-hydrogen) atoms. The zero-order valence-electron chi connectivity index (χ0n) is 12.1. The number of anilines is 1. The molecular formula is C15H13F3N4O. The lowest BCUT2D eigenvalue weighted by Gasteiger charge is -2.10. The molecule has 0 aliphatic rings. The van der Waals surface area contributed by atoms with Gasteiger partial charge in [0, 0.05) is 5.69 Å². The summed E-state index contributed by atoms with van der Waals surface area (Å²) in [4.78, 5) is 0. The highest BCUT2D eigenvalue weighted by Gasteiger charge is 2.30. The molecule has 0 amide bonds. The van der Waals surface area contributed by atoms with Crippen LogP contribution in [0, 0.1) is 6.92 Å². The van der Waals surface area contributed by atoms with Gasteiger partial charge in [-0.1, -0.05) is 11.3 Å². The van der Waals surface area contributed by atoms with Crippen LogP contribution in [0.2, 0.25) is 0 Å². The SMILES string of the molecule is Cc1ccc2c(c1)nnn2CNc1ccc(OC(F)(F)F)cc1. The summed E-state index contributed by atoms with van der Waals surface area (Å²) in [6, 6.07) is 11.3. The van der Waals surface area contributed by atoms with Crippen LogP contribution in [0.15, 0.2) is 42.5 Å². The minimum Gasteiger partial charge on any atom is -0.406 e. The molecule has 2 aromatic carbocycles. The lowest BCUT2D eigenvalue weighted by atomic mass is 10.2. The van der Waals surface area contributed by atoms with Crippen LogP contribution in [0.25, 0.3) is 11.0 Å². The maximum atomic E-state index is 12.1. The quantitative estimate of drug-likeness (QED) is 0.795. The van der Waals surface area contributed by atoms with Crippen LogP contribution in [0.5, 0.6) is 5.75 Å². The molecule has 0 bridgehead atoms. The van der Waals surface area contributed by atoms with Crippen LogP contribution in [0.4, 0.5) is 18.9 Å². The fourth-order valence-electron chi connectivity index (χ4n) is 2.14. The monoisotopic (exact) mass is 322 g/mol. The molecule has 0 spiro atoms. The van der Waals surface area contributed by atoms with Gasteiger partial charge in [-0.25, -0.2) is 4.68 Å². The highest BCUT2D eigenvalue weighted by atomic mass is 19.4. The van der Waals surface area contributed by atoms with Crippen molar-refractivity contribution >= 4 is 16.7 Å². The Morgan fingerprint density at radius 1 is 1.13 bits per heavy atom. The van der Waals surface area contributed by atoms with Crippen LogP contribution < -0.4 is 10.1 Å². The summed E-state index contributed by atoms with van der Waals surface area (Å²) in [6.45, 7) is 2.32. The molecule has 0 radical (unpaired) electrons. The van der Waals surface area contributed by atoms with Gasteiger partial charge in [-0.15, -0.1) is 18.3 Å². The Morgan fingerprint density at radius 2 is 1.87 bits per heavy atom. The highest BCUT2D eigenvalue weighted by molar-refractivity contribution is 5.75. The zero-order valence-corrected chi connectivity index (χ0v) is 12.1. The molecule has 0 aliphatic carbocycles. The van der Waals surface area contributed by atoms with Crippen molar-refractivity contribution in [1.82, 2.24) is 15.0 Å². The number of aromatic nitrogens is 3. The Bertz CT molecular complexity index is 812. The van der Waals surface area contributed by atoms with Crippen molar-refractivity contribution in [2.24, 2.45) is 0 Å². The van der Waals surface area contributed by atoms with Gasteiger partial charge in [-0.3, -0.25) is 0 Å². The number of aryl methyl sites for hydroxylation is 1. The molecule has 3 rings (SSSR count). The Labute approximate surface area is 129 Å². The van der Waals surface area contributed by atoms with Gasteiger partial charge >= 0.3 is 6.36 Å². The minimum absolute atomic E-state index is 0.260. The van der Waals surface area contributed by atoms with E-state index in [0.717, 1.165) is 16.6 Å². The normalized spacial score (nSPS) is 11.7. The van der Waals surface area contributed by atoms with E-state index in [2.05, 4.69) is 20.4 Å². The Hall–Kier alpha value is -2.77. The van der Waals surface area contributed by atoms with E-state index in [1.165, 1.54) is 24.3 Å². The standard InChI is InChI=1S/C15H13F3N4O/c1-10-2-7-14-13(8-10)20-21-22(14)9-19-11-3-5-12(6-4-11)23-15(16,17)18/h2-8,19H,9H2,1H3. The summed E-state index contributed by atoms with van der Waals surface area (Å²) in [6.07, 6.45) is -4.69. The molecular weight excluding hydrogens is 309 g/mol. The van der Waals surface area contributed by atoms with Gasteiger partial charge < -0.3 is 10.1 Å². The van der Waals surface area contributed by atoms with Crippen molar-refractivity contribution in [3.05, 3.63) is 48.0 Å². The third kappa shape index (κ3) is 3.71. The van der Waals surface area contributed by atoms with Gasteiger partial charge in [0.1, 0.15) is 17.9 Å². The number of alkyl halides is 3. The molecule has 120 valence electrons. The number of hydrogen-bond donors (Lipinski definition) is 1. The fraction of sp³-hybridized carbons (Fsp3) is 0.200. The summed E-state index contributed by atoms with van der Waals surface area (Å²) in [7, 11) is 0. The van der Waals surface area contributed by atoms with Crippen molar-refractivity contribution in [2.75, 3.05) is 5.32 Å². The smallest absolute Gasteiger partial charge is 0.406 e. The van der Waals surface area contributed by atoms with Gasteiger partial charge in [0.15, 0.2) is 0 Å². The third-order valence-corrected chi connectivity index (χ3v) is 3.19. The Kier molecular flexibility index (Phi) is 3.81. The molecule has 1 aromatic heterocycles. The van der Waals surface area contributed by atoms with Crippen LogP contribution in [0.1, 0.15) is 5.56 Å². The summed E-state index contributed by atoms with van der Waals surface area (Å²) in [5, 5.41) is 11.2. The molecule has 0 unspecified atom stereocenters. The molecule has 5 nitrogen and oxygen atoms in total. The van der Waals surface area contributed by atoms with Gasteiger partial charge in [0.05, 0.1) is 5.52 Å². The van der Waals surface area contributed by atoms with Crippen molar-refractivity contribution in [2.45, 2.75) is 20.0 Å². The van der Waals surface area contributed by atoms with Gasteiger partial charge in [-0.05, 0) is 48.9 Å². The number of rotatable bonds is 4. The minimum atomic E-state index is -4.69. The van der Waals surface area contributed by atoms with Crippen LogP contribution in [-0.4, -0.2) is 21.4 Å². The van der Waals surface area contributed by atoms with E-state index >= 15 is 0 Å². The van der Waals surface area contributed by atoms with Crippen molar-refractivity contribution in [3.63, 3.8) is 0 Å². The van der Waals surface area contributed by atoms with Crippen molar-refractivity contribution in [3.8, 4) is 5.75 Å². The second kappa shape index (κ2) is 5.79. The first kappa shape index (κ1) is 15.1. The maximum Gasteiger partial charge on any atom is 0.573 e. The lowest BCUT2D eigenvalue weighted by molar-refractivity contribution is -0.274. The number of benzene rings is 2. The topological polar surface area (TPSA) is 52.0 Å². The predicted octanol–water partition coefficient (Wildman–Crippen LogP) is 3.71. The number of nitrogens with one attached hydrogen (secondary N) is 1. The largest absolute Gasteiger partial charge is 0.573 e. The first-order chi connectivity index (χ1) is 10.9. The third-order valence-electron chi connectivity index (χ3n) is 3.19. The van der Waals surface area contributed by atoms with E-state index in [4.69, 9.17) is 0 Å². The average molecular weight is 322 g/mol. The Balaban J connectivity index is 1.68. The summed E-state index contributed by atoms with van der Waals surface area (Å²) in [5.41, 5.74) is 3.41. The van der Waals surface area contributed by atoms with E-state index in [1.54, 1.807) is 4.68 Å². The predicted molar refractivity (Wildman–Crippen MR) is 79.0 cm³/mol. The van der Waals surface area contributed by atoms with E-state index in [1.807, 2.05) is 25.1 Å². The number of halogens is 3. The maximum absolute atomic E-state index is 12.1. The molecule has 0 saturated carbocycles. The first-order valence-corrected chi connectivity index (χ1v) is 6.80. The second-order valence-corrected chi connectivity index (χ2v) is 4.99. The molecule has 3 aromatic rings. The van der Waals surface area contributed by atoms with Crippen LogP contribution in [0.3, 0.4) is 0 Å². The first-order valence-electron chi connectivity index (χ1n) is 6.80. The van der Waals surface area contributed by atoms with E-state index in [-0.39, 0.29) is 5.75 Å². The lowest BCUT2D eigenvalue weighted by Crippen LogP contribution is -2.17. The molecule has 0 fully saturated rings. The zero-order chi connectivity index (χ0) is 16.4. The fourth-order valence-corrected chi connectivity index (χ4v) is 2.14. The molecule has 8 heteroatoms. The van der Waals surface area contributed by atoms with Crippen LogP contribution >= 0.6 is 0 Å². The highest BCUT2D eigenvalue weighted by Crippen LogP contribution is 2.24. The molecule has 1 heterocycles. The number of nitrogens with zero attached hydrogens (tertiary/aromatic N) is 3. The second-order valence-electron chi connectivity index (χ2n) is 4.99. The van der Waals surface area contributed by atoms with Crippen molar-refractivity contribution < 1.29 is 17.9 Å². The van der Waals surface area contributed by atoms with Gasteiger partial charge in [-0.2, -0.15) is 0 Å². The van der Waals surface area contributed by atoms with Gasteiger partial charge in [0.25, 0.3) is 0 Å². The summed E-state index contributed by atoms with van der Waals surface area (Å²) >= 11 is 0. The number of hydrogen-bond acceptors (Lipinski definition) is 4. The van der Waals surface area contributed by atoms with E-state index in [0.29, 0.717) is 12.4 Å². The van der Waals surface area contributed by atoms with Gasteiger partial charge in [0.2, 0.25) is 0 Å².